The molecule has 2 atom stereocenters. The lowest BCUT2D eigenvalue weighted by molar-refractivity contribution is -0.384. The van der Waals surface area contributed by atoms with E-state index in [4.69, 9.17) is 16.3 Å². The number of benzene rings is 2. The molecule has 29 heavy (non-hydrogen) atoms. The van der Waals surface area contributed by atoms with E-state index in [0.29, 0.717) is 0 Å². The number of aryl methyl sites for hydroxylation is 1. The van der Waals surface area contributed by atoms with E-state index >= 15 is 0 Å². The molecule has 11 heteroatoms. The minimum atomic E-state index is -4.13. The second-order valence-electron chi connectivity index (χ2n) is 6.29. The highest BCUT2D eigenvalue weighted by Crippen LogP contribution is 2.39. The molecule has 0 radical (unpaired) electrons. The fourth-order valence-corrected chi connectivity index (χ4v) is 4.62. The molecule has 0 aromatic heterocycles. The van der Waals surface area contributed by atoms with Crippen molar-refractivity contribution in [3.63, 3.8) is 0 Å². The lowest BCUT2D eigenvalue weighted by Gasteiger charge is -2.27. The average molecular weight is 438 g/mol. The van der Waals surface area contributed by atoms with Crippen molar-refractivity contribution >= 4 is 39.6 Å². The highest BCUT2D eigenvalue weighted by Gasteiger charge is 2.45. The lowest BCUT2D eigenvalue weighted by atomic mass is 10.00. The molecule has 0 bridgehead atoms. The maximum atomic E-state index is 13.2. The van der Waals surface area contributed by atoms with Crippen LogP contribution in [0.5, 0.6) is 0 Å². The minimum Gasteiger partial charge on any atom is -0.467 e. The number of halogens is 1. The normalized spacial score (nSPS) is 18.7. The molecule has 9 nitrogen and oxygen atoms in total. The standard InChI is InChI=1S/C18H16ClN3O6S/c1-11-3-6-13(7-4-11)29(26,27)21-10-20-16(18(23)28-2)17(21)14-9-12(22(24)25)5-8-15(14)19/h3-10,16-17H,1-2H3/t16-,17+/m1/s1. The summed E-state index contributed by atoms with van der Waals surface area (Å²) in [6.07, 6.45) is 1.01. The number of hydrogen-bond donors (Lipinski definition) is 0. The van der Waals surface area contributed by atoms with Crippen molar-refractivity contribution in [1.82, 2.24) is 4.31 Å². The van der Waals surface area contributed by atoms with E-state index < -0.39 is 33.0 Å². The van der Waals surface area contributed by atoms with Crippen LogP contribution in [-0.2, 0) is 19.6 Å². The SMILES string of the molecule is COC(=O)[C@@H]1N=CN(S(=O)(=O)c2ccc(C)cc2)[C@H]1c1cc([N+](=O)[O-])ccc1Cl. The van der Waals surface area contributed by atoms with E-state index in [9.17, 15) is 23.3 Å². The van der Waals surface area contributed by atoms with Gasteiger partial charge in [0.15, 0.2) is 6.04 Å². The predicted molar refractivity (Wildman–Crippen MR) is 105 cm³/mol. The van der Waals surface area contributed by atoms with E-state index in [2.05, 4.69) is 4.99 Å². The first-order valence-electron chi connectivity index (χ1n) is 8.32. The van der Waals surface area contributed by atoms with E-state index in [1.54, 1.807) is 12.1 Å². The van der Waals surface area contributed by atoms with Gasteiger partial charge in [-0.1, -0.05) is 29.3 Å². The molecule has 0 amide bonds. The Morgan fingerprint density at radius 1 is 1.24 bits per heavy atom. The zero-order valence-electron chi connectivity index (χ0n) is 15.4. The second-order valence-corrected chi connectivity index (χ2v) is 8.54. The number of hydrogen-bond acceptors (Lipinski definition) is 7. The number of ether oxygens (including phenoxy) is 1. The topological polar surface area (TPSA) is 119 Å². The molecule has 152 valence electrons. The number of rotatable bonds is 5. The van der Waals surface area contributed by atoms with Crippen LogP contribution in [0.1, 0.15) is 17.2 Å². The van der Waals surface area contributed by atoms with Crippen molar-refractivity contribution in [2.45, 2.75) is 23.9 Å². The van der Waals surface area contributed by atoms with Crippen LogP contribution in [0.3, 0.4) is 0 Å². The molecule has 3 rings (SSSR count). The quantitative estimate of drug-likeness (QED) is 0.403. The molecule has 2 aromatic rings. The molecule has 1 heterocycles. The van der Waals surface area contributed by atoms with Crippen LogP contribution >= 0.6 is 11.6 Å². The smallest absolute Gasteiger partial charge is 0.333 e. The number of non-ortho nitro benzene ring substituents is 1. The summed E-state index contributed by atoms with van der Waals surface area (Å²) in [7, 11) is -2.99. The molecule has 1 aliphatic heterocycles. The Hall–Kier alpha value is -2.98. The summed E-state index contributed by atoms with van der Waals surface area (Å²) in [5.74, 6) is -0.796. The van der Waals surface area contributed by atoms with Crippen molar-refractivity contribution in [2.75, 3.05) is 7.11 Å². The van der Waals surface area contributed by atoms with Crippen LogP contribution < -0.4 is 0 Å². The average Bonchev–Trinajstić information content (AvgIpc) is 3.13. The van der Waals surface area contributed by atoms with Crippen molar-refractivity contribution < 1.29 is 22.9 Å². The van der Waals surface area contributed by atoms with Gasteiger partial charge in [-0.2, -0.15) is 0 Å². The highest BCUT2D eigenvalue weighted by molar-refractivity contribution is 7.89. The largest absolute Gasteiger partial charge is 0.467 e. The monoisotopic (exact) mass is 437 g/mol. The number of carbonyl (C=O) groups excluding carboxylic acids is 1. The maximum absolute atomic E-state index is 13.2. The van der Waals surface area contributed by atoms with E-state index in [1.165, 1.54) is 24.3 Å². The van der Waals surface area contributed by atoms with Crippen LogP contribution in [0.15, 0.2) is 52.4 Å². The van der Waals surface area contributed by atoms with Crippen molar-refractivity contribution in [3.8, 4) is 0 Å². The molecule has 1 aliphatic rings. The van der Waals surface area contributed by atoms with Crippen molar-refractivity contribution in [1.29, 1.82) is 0 Å². The van der Waals surface area contributed by atoms with Crippen LogP contribution in [-0.4, -0.2) is 43.1 Å². The van der Waals surface area contributed by atoms with Gasteiger partial charge in [0.25, 0.3) is 15.7 Å². The number of methoxy groups -OCH3 is 1. The third kappa shape index (κ3) is 3.81. The van der Waals surface area contributed by atoms with Gasteiger partial charge in [-0.15, -0.1) is 0 Å². The molecular formula is C18H16ClN3O6S. The summed E-state index contributed by atoms with van der Waals surface area (Å²) in [6, 6.07) is 7.22. The molecular weight excluding hydrogens is 422 g/mol. The third-order valence-electron chi connectivity index (χ3n) is 4.46. The lowest BCUT2D eigenvalue weighted by Crippen LogP contribution is -2.37. The van der Waals surface area contributed by atoms with Crippen molar-refractivity contribution in [2.24, 2.45) is 4.99 Å². The number of aliphatic imine (C=N–C) groups is 1. The van der Waals surface area contributed by atoms with E-state index in [-0.39, 0.29) is 21.2 Å². The molecule has 0 saturated heterocycles. The third-order valence-corrected chi connectivity index (χ3v) is 6.55. The molecule has 0 fully saturated rings. The Morgan fingerprint density at radius 3 is 2.48 bits per heavy atom. The Bertz CT molecular complexity index is 1100. The highest BCUT2D eigenvalue weighted by atomic mass is 35.5. The number of nitro groups is 1. The maximum Gasteiger partial charge on any atom is 0.333 e. The summed E-state index contributed by atoms with van der Waals surface area (Å²) in [5.41, 5.74) is 0.641. The van der Waals surface area contributed by atoms with E-state index in [1.807, 2.05) is 6.92 Å². The molecule has 0 unspecified atom stereocenters. The molecule has 0 spiro atoms. The van der Waals surface area contributed by atoms with Gasteiger partial charge in [0.05, 0.1) is 16.9 Å². The van der Waals surface area contributed by atoms with Crippen LogP contribution in [0.4, 0.5) is 5.69 Å². The summed E-state index contributed by atoms with van der Waals surface area (Å²) in [4.78, 5) is 26.8. The Balaban J connectivity index is 2.16. The first-order valence-corrected chi connectivity index (χ1v) is 10.1. The van der Waals surface area contributed by atoms with Crippen LogP contribution in [0.2, 0.25) is 5.02 Å². The van der Waals surface area contributed by atoms with Gasteiger partial charge in [0, 0.05) is 22.7 Å². The summed E-state index contributed by atoms with van der Waals surface area (Å²) >= 11 is 6.22. The summed E-state index contributed by atoms with van der Waals surface area (Å²) in [6.45, 7) is 1.81. The van der Waals surface area contributed by atoms with E-state index in [0.717, 1.165) is 29.4 Å². The molecule has 0 saturated carbocycles. The van der Waals surface area contributed by atoms with Crippen LogP contribution in [0.25, 0.3) is 0 Å². The van der Waals surface area contributed by atoms with Gasteiger partial charge in [0.1, 0.15) is 12.4 Å². The van der Waals surface area contributed by atoms with Crippen molar-refractivity contribution in [3.05, 3.63) is 68.7 Å². The Labute approximate surface area is 171 Å². The first-order chi connectivity index (χ1) is 13.7. The van der Waals surface area contributed by atoms with Gasteiger partial charge < -0.3 is 4.74 Å². The predicted octanol–water partition coefficient (Wildman–Crippen LogP) is 2.87. The first kappa shape index (κ1) is 20.7. The molecule has 0 N–H and O–H groups in total. The summed E-state index contributed by atoms with van der Waals surface area (Å²) in [5, 5.41) is 11.2. The fourth-order valence-electron chi connectivity index (χ4n) is 2.96. The second kappa shape index (κ2) is 7.80. The van der Waals surface area contributed by atoms with Gasteiger partial charge in [-0.25, -0.2) is 17.5 Å². The van der Waals surface area contributed by atoms with Gasteiger partial charge in [-0.05, 0) is 25.1 Å². The Morgan fingerprint density at radius 2 is 1.90 bits per heavy atom. The van der Waals surface area contributed by atoms with Gasteiger partial charge in [0.2, 0.25) is 0 Å². The molecule has 0 aliphatic carbocycles. The number of sulfonamides is 1. The van der Waals surface area contributed by atoms with Gasteiger partial charge in [-0.3, -0.25) is 15.1 Å². The Kier molecular flexibility index (Phi) is 5.58. The minimum absolute atomic E-state index is 0.0216. The van der Waals surface area contributed by atoms with Crippen LogP contribution in [0, 0.1) is 17.0 Å². The van der Waals surface area contributed by atoms with Gasteiger partial charge >= 0.3 is 5.97 Å². The fraction of sp³-hybridized carbons (Fsp3) is 0.222. The zero-order valence-corrected chi connectivity index (χ0v) is 16.9. The molecule has 2 aromatic carbocycles. The number of nitrogens with zero attached hydrogens (tertiary/aromatic N) is 3. The number of esters is 1. The zero-order chi connectivity index (χ0) is 21.3. The number of carbonyl (C=O) groups is 1. The summed E-state index contributed by atoms with van der Waals surface area (Å²) < 4.78 is 32.1. The number of nitro benzene ring substituents is 1.